The predicted octanol–water partition coefficient (Wildman–Crippen LogP) is -0.206. The highest BCUT2D eigenvalue weighted by Gasteiger charge is 2.11. The number of imidazole rings is 2. The zero-order chi connectivity index (χ0) is 28.8. The van der Waals surface area contributed by atoms with Crippen molar-refractivity contribution < 1.29 is 20.5 Å². The van der Waals surface area contributed by atoms with Crippen LogP contribution in [-0.2, 0) is 13.1 Å². The van der Waals surface area contributed by atoms with Gasteiger partial charge >= 0.3 is 14.6 Å². The highest BCUT2D eigenvalue weighted by molar-refractivity contribution is 6.58. The number of fused-ring (bicyclic) bond motifs is 2. The molecule has 205 valence electrons. The maximum absolute atomic E-state index is 9.07. The fraction of sp³-hybridized carbons (Fsp3) is 0.0714. The van der Waals surface area contributed by atoms with Gasteiger partial charge in [-0.05, 0) is 16.6 Å². The second-order valence-corrected chi connectivity index (χ2v) is 9.07. The third-order valence-electron chi connectivity index (χ3n) is 6.36. The lowest BCUT2D eigenvalue weighted by atomic mass is 9.80. The first-order valence-electron chi connectivity index (χ1n) is 12.4. The van der Waals surface area contributed by atoms with Gasteiger partial charge in [0.05, 0.1) is 41.6 Å². The molecule has 0 spiro atoms. The third kappa shape index (κ3) is 6.67. The molecule has 0 amide bonds. The van der Waals surface area contributed by atoms with Crippen LogP contribution in [0.5, 0.6) is 0 Å². The molecule has 1 radical (unpaired) electrons. The van der Waals surface area contributed by atoms with Crippen molar-refractivity contribution in [3.63, 3.8) is 0 Å². The van der Waals surface area contributed by atoms with Gasteiger partial charge in [-0.15, -0.1) is 0 Å². The second kappa shape index (κ2) is 13.3. The highest BCUT2D eigenvalue weighted by Crippen LogP contribution is 2.15. The lowest BCUT2D eigenvalue weighted by Crippen LogP contribution is -2.29. The summed E-state index contributed by atoms with van der Waals surface area (Å²) in [7, 11) is -0.388. The summed E-state index contributed by atoms with van der Waals surface area (Å²) in [6.07, 6.45) is 6.67. The van der Waals surface area contributed by atoms with Gasteiger partial charge in [-0.25, -0.2) is 19.9 Å². The minimum atomic E-state index is -1.46. The molecular formula is C28H23B2N8O4. The molecule has 0 aliphatic rings. The molecule has 6 aromatic rings. The van der Waals surface area contributed by atoms with Crippen LogP contribution in [0.2, 0.25) is 0 Å². The van der Waals surface area contributed by atoms with E-state index in [9.17, 15) is 0 Å². The molecule has 2 aromatic carbocycles. The van der Waals surface area contributed by atoms with E-state index in [0.29, 0.717) is 29.9 Å². The SMILES string of the molecule is N#Cc1cc2c(cn1)ncn2Cc1ccc(B(O)O)cc1.N#Cc1cc2ncn(Cc3ccc([B]O)cc3)c2cn1.O. The van der Waals surface area contributed by atoms with Gasteiger partial charge in [0.15, 0.2) is 0 Å². The Morgan fingerprint density at radius 3 is 1.86 bits per heavy atom. The summed E-state index contributed by atoms with van der Waals surface area (Å²) >= 11 is 0. The van der Waals surface area contributed by atoms with Crippen molar-refractivity contribution in [3.8, 4) is 12.1 Å². The van der Waals surface area contributed by atoms with Gasteiger partial charge in [0.25, 0.3) is 0 Å². The van der Waals surface area contributed by atoms with Crippen LogP contribution in [0, 0.1) is 22.7 Å². The number of benzene rings is 2. The lowest BCUT2D eigenvalue weighted by molar-refractivity contribution is 0.426. The normalized spacial score (nSPS) is 10.2. The van der Waals surface area contributed by atoms with Crippen molar-refractivity contribution in [2.75, 3.05) is 0 Å². The molecule has 4 heterocycles. The Morgan fingerprint density at radius 2 is 1.26 bits per heavy atom. The number of nitrogens with zero attached hydrogens (tertiary/aromatic N) is 8. The smallest absolute Gasteiger partial charge is 0.450 e. The van der Waals surface area contributed by atoms with Crippen LogP contribution in [0.3, 0.4) is 0 Å². The standard InChI is InChI=1S/C14H11BN4O2.C14H10BN4O.H2O/c16-6-12-5-14-13(7-17-12)18-9-19(14)8-10-1-3-11(4-2-10)15(20)21;16-6-12-5-13-14(7-17-12)19(9-18-13)8-10-1-3-11(15-20)4-2-10;/h1-5,7,9,20-21H,8H2;1-5,7,9,20H,8H2;1H2. The Balaban J connectivity index is 0.000000189. The van der Waals surface area contributed by atoms with Crippen molar-refractivity contribution in [1.82, 2.24) is 29.1 Å². The molecule has 0 saturated carbocycles. The van der Waals surface area contributed by atoms with E-state index in [1.807, 2.05) is 57.7 Å². The van der Waals surface area contributed by atoms with Crippen molar-refractivity contribution in [3.05, 3.63) is 108 Å². The van der Waals surface area contributed by atoms with E-state index in [-0.39, 0.29) is 5.48 Å². The van der Waals surface area contributed by atoms with Crippen LogP contribution in [0.15, 0.2) is 85.7 Å². The van der Waals surface area contributed by atoms with Crippen molar-refractivity contribution in [2.45, 2.75) is 13.1 Å². The van der Waals surface area contributed by atoms with Crippen molar-refractivity contribution >= 4 is 47.6 Å². The van der Waals surface area contributed by atoms with Crippen LogP contribution in [0.1, 0.15) is 22.5 Å². The maximum Gasteiger partial charge on any atom is 0.488 e. The van der Waals surface area contributed by atoms with Gasteiger partial charge in [-0.1, -0.05) is 54.0 Å². The third-order valence-corrected chi connectivity index (χ3v) is 6.36. The zero-order valence-corrected chi connectivity index (χ0v) is 22.1. The monoisotopic (exact) mass is 557 g/mol. The first-order valence-corrected chi connectivity index (χ1v) is 12.4. The van der Waals surface area contributed by atoms with Crippen LogP contribution < -0.4 is 10.9 Å². The summed E-state index contributed by atoms with van der Waals surface area (Å²) in [5.74, 6) is 0. The largest absolute Gasteiger partial charge is 0.488 e. The average Bonchev–Trinajstić information content (AvgIpc) is 3.61. The molecule has 42 heavy (non-hydrogen) atoms. The highest BCUT2D eigenvalue weighted by atomic mass is 16.4. The molecule has 0 aliphatic heterocycles. The first kappa shape index (κ1) is 29.6. The quantitative estimate of drug-likeness (QED) is 0.232. The van der Waals surface area contributed by atoms with Gasteiger partial charge < -0.3 is 29.7 Å². The molecule has 12 nitrogen and oxygen atoms in total. The minimum absolute atomic E-state index is 0. The number of pyridine rings is 2. The molecule has 0 aliphatic carbocycles. The van der Waals surface area contributed by atoms with E-state index in [2.05, 4.69) is 19.9 Å². The Bertz CT molecular complexity index is 1890. The lowest BCUT2D eigenvalue weighted by Gasteiger charge is -2.06. The molecule has 6 rings (SSSR count). The molecule has 5 N–H and O–H groups in total. The molecular weight excluding hydrogens is 534 g/mol. The van der Waals surface area contributed by atoms with Gasteiger partial charge in [0.1, 0.15) is 29.0 Å². The first-order chi connectivity index (χ1) is 20.0. The molecule has 0 bridgehead atoms. The average molecular weight is 557 g/mol. The summed E-state index contributed by atoms with van der Waals surface area (Å²) in [4.78, 5) is 16.6. The summed E-state index contributed by atoms with van der Waals surface area (Å²) in [6, 6.07) is 22.0. The van der Waals surface area contributed by atoms with E-state index < -0.39 is 7.12 Å². The molecule has 4 aromatic heterocycles. The summed E-state index contributed by atoms with van der Waals surface area (Å²) < 4.78 is 3.89. The molecule has 0 unspecified atom stereocenters. The number of aromatic nitrogens is 6. The van der Waals surface area contributed by atoms with Gasteiger partial charge in [0, 0.05) is 25.2 Å². The molecule has 0 saturated heterocycles. The van der Waals surface area contributed by atoms with Gasteiger partial charge in [0.2, 0.25) is 0 Å². The van der Waals surface area contributed by atoms with Gasteiger partial charge in [-0.3, -0.25) is 0 Å². The van der Waals surface area contributed by atoms with Crippen molar-refractivity contribution in [2.24, 2.45) is 0 Å². The Hall–Kier alpha value is -5.37. The van der Waals surface area contributed by atoms with E-state index in [0.717, 1.165) is 46.1 Å². The van der Waals surface area contributed by atoms with E-state index in [1.165, 1.54) is 0 Å². The van der Waals surface area contributed by atoms with Crippen LogP contribution in [-0.4, -0.2) is 64.2 Å². The summed E-state index contributed by atoms with van der Waals surface area (Å²) in [5.41, 5.74) is 7.25. The summed E-state index contributed by atoms with van der Waals surface area (Å²) in [6.45, 7) is 1.24. The minimum Gasteiger partial charge on any atom is -0.450 e. The number of hydrogen-bond donors (Lipinski definition) is 3. The number of rotatable bonds is 6. The van der Waals surface area contributed by atoms with Crippen LogP contribution in [0.4, 0.5) is 0 Å². The van der Waals surface area contributed by atoms with Gasteiger partial charge in [-0.2, -0.15) is 10.5 Å². The van der Waals surface area contributed by atoms with Crippen molar-refractivity contribution in [1.29, 1.82) is 10.5 Å². The molecule has 14 heteroatoms. The Labute approximate surface area is 241 Å². The Kier molecular flexibility index (Phi) is 9.39. The number of nitriles is 2. The van der Waals surface area contributed by atoms with E-state index >= 15 is 0 Å². The maximum atomic E-state index is 9.07. The zero-order valence-electron chi connectivity index (χ0n) is 22.1. The second-order valence-electron chi connectivity index (χ2n) is 9.07. The van der Waals surface area contributed by atoms with Crippen LogP contribution in [0.25, 0.3) is 22.1 Å². The van der Waals surface area contributed by atoms with E-state index in [4.69, 9.17) is 25.6 Å². The topological polar surface area (TPSA) is 201 Å². The Morgan fingerprint density at radius 1 is 0.714 bits per heavy atom. The molecule has 0 atom stereocenters. The fourth-order valence-corrected chi connectivity index (χ4v) is 4.19. The molecule has 0 fully saturated rings. The summed E-state index contributed by atoms with van der Waals surface area (Å²) in [5, 5.41) is 44.8. The van der Waals surface area contributed by atoms with Crippen LogP contribution >= 0.6 is 0 Å². The van der Waals surface area contributed by atoms with E-state index in [1.54, 1.807) is 49.3 Å². The fourth-order valence-electron chi connectivity index (χ4n) is 4.19. The predicted molar refractivity (Wildman–Crippen MR) is 157 cm³/mol. The number of hydrogen-bond acceptors (Lipinski definition) is 9.